The maximum Gasteiger partial charge on any atom is 0.254 e. The number of nitrogens with one attached hydrogen (secondary N) is 1. The second-order valence-electron chi connectivity index (χ2n) is 6.08. The second-order valence-corrected chi connectivity index (χ2v) is 6.52. The van der Waals surface area contributed by atoms with Crippen LogP contribution in [0.3, 0.4) is 0 Å². The molecular weight excluding hydrogens is 378 g/mol. The fourth-order valence-corrected chi connectivity index (χ4v) is 3.05. The van der Waals surface area contributed by atoms with E-state index < -0.39 is 5.82 Å². The zero-order chi connectivity index (χ0) is 17.8. The second kappa shape index (κ2) is 9.21. The molecule has 1 aliphatic heterocycles. The number of likely N-dealkylation sites (tertiary alicyclic amines) is 1. The first-order valence-corrected chi connectivity index (χ1v) is 8.64. The van der Waals surface area contributed by atoms with E-state index in [-0.39, 0.29) is 30.1 Å². The van der Waals surface area contributed by atoms with E-state index in [0.29, 0.717) is 29.4 Å². The van der Waals surface area contributed by atoms with Crippen LogP contribution in [0.15, 0.2) is 42.5 Å². The van der Waals surface area contributed by atoms with Crippen molar-refractivity contribution in [3.8, 4) is 11.5 Å². The molecule has 0 spiro atoms. The summed E-state index contributed by atoms with van der Waals surface area (Å²) < 4.78 is 19.9. The zero-order valence-electron chi connectivity index (χ0n) is 14.4. The third-order valence-electron chi connectivity index (χ3n) is 4.34. The minimum Gasteiger partial charge on any atom is -0.454 e. The van der Waals surface area contributed by atoms with Gasteiger partial charge in [0.2, 0.25) is 0 Å². The third-order valence-corrected chi connectivity index (χ3v) is 4.59. The molecule has 1 aliphatic rings. The van der Waals surface area contributed by atoms with Crippen molar-refractivity contribution in [3.05, 3.63) is 58.9 Å². The van der Waals surface area contributed by atoms with Gasteiger partial charge >= 0.3 is 0 Å². The molecule has 2 aromatic rings. The van der Waals surface area contributed by atoms with Gasteiger partial charge < -0.3 is 15.0 Å². The molecule has 2 aromatic carbocycles. The van der Waals surface area contributed by atoms with Gasteiger partial charge in [0.25, 0.3) is 5.91 Å². The van der Waals surface area contributed by atoms with Crippen LogP contribution in [0.5, 0.6) is 11.5 Å². The first kappa shape index (κ1) is 20.5. The minimum atomic E-state index is -0.567. The highest BCUT2D eigenvalue weighted by molar-refractivity contribution is 6.30. The highest BCUT2D eigenvalue weighted by Crippen LogP contribution is 2.27. The van der Waals surface area contributed by atoms with Crippen molar-refractivity contribution < 1.29 is 13.9 Å². The molecule has 1 N–H and O–H groups in total. The molecular formula is C19H21Cl2FN2O2. The van der Waals surface area contributed by atoms with Crippen LogP contribution in [0.1, 0.15) is 23.2 Å². The lowest BCUT2D eigenvalue weighted by molar-refractivity contribution is 0.0697. The first-order valence-electron chi connectivity index (χ1n) is 8.26. The Hall–Kier alpha value is -1.82. The molecule has 0 saturated carbocycles. The fraction of sp³-hybridized carbons (Fsp3) is 0.316. The normalized spacial score (nSPS) is 16.7. The first-order chi connectivity index (χ1) is 12.1. The Balaban J connectivity index is 0.00000243. The van der Waals surface area contributed by atoms with Gasteiger partial charge in [0, 0.05) is 29.7 Å². The van der Waals surface area contributed by atoms with E-state index in [1.54, 1.807) is 35.2 Å². The Kier molecular flexibility index (Phi) is 7.26. The summed E-state index contributed by atoms with van der Waals surface area (Å²) in [6.45, 7) is 1.33. The van der Waals surface area contributed by atoms with Crippen LogP contribution in [-0.4, -0.2) is 37.0 Å². The average Bonchev–Trinajstić information content (AvgIpc) is 2.64. The van der Waals surface area contributed by atoms with Crippen LogP contribution < -0.4 is 10.1 Å². The van der Waals surface area contributed by atoms with Gasteiger partial charge in [-0.15, -0.1) is 12.4 Å². The maximum absolute atomic E-state index is 14.4. The van der Waals surface area contributed by atoms with Gasteiger partial charge in [0.1, 0.15) is 5.75 Å². The van der Waals surface area contributed by atoms with Crippen LogP contribution >= 0.6 is 24.0 Å². The Morgan fingerprint density at radius 3 is 2.65 bits per heavy atom. The van der Waals surface area contributed by atoms with E-state index in [0.717, 1.165) is 12.8 Å². The molecule has 0 radical (unpaired) electrons. The van der Waals surface area contributed by atoms with E-state index in [9.17, 15) is 9.18 Å². The van der Waals surface area contributed by atoms with Gasteiger partial charge in [-0.25, -0.2) is 4.39 Å². The van der Waals surface area contributed by atoms with Crippen LogP contribution in [0.25, 0.3) is 0 Å². The molecule has 0 aromatic heterocycles. The number of ether oxygens (including phenoxy) is 1. The maximum atomic E-state index is 14.4. The summed E-state index contributed by atoms with van der Waals surface area (Å²) in [5.74, 6) is -0.166. The van der Waals surface area contributed by atoms with Crippen molar-refractivity contribution in [2.24, 2.45) is 0 Å². The molecule has 1 unspecified atom stereocenters. The van der Waals surface area contributed by atoms with Crippen molar-refractivity contribution in [1.29, 1.82) is 0 Å². The molecule has 3 rings (SSSR count). The summed E-state index contributed by atoms with van der Waals surface area (Å²) in [4.78, 5) is 14.4. The number of nitrogens with zero attached hydrogens (tertiary/aromatic N) is 1. The molecule has 26 heavy (non-hydrogen) atoms. The highest BCUT2D eigenvalue weighted by Gasteiger charge is 2.24. The number of carbonyl (C=O) groups excluding carboxylic acids is 1. The van der Waals surface area contributed by atoms with E-state index in [2.05, 4.69) is 5.32 Å². The lowest BCUT2D eigenvalue weighted by Gasteiger charge is -2.32. The van der Waals surface area contributed by atoms with Gasteiger partial charge in [0.15, 0.2) is 11.6 Å². The number of likely N-dealkylation sites (N-methyl/N-ethyl adjacent to an activating group) is 1. The van der Waals surface area contributed by atoms with E-state index in [4.69, 9.17) is 16.3 Å². The van der Waals surface area contributed by atoms with Crippen LogP contribution in [0, 0.1) is 5.82 Å². The smallest absolute Gasteiger partial charge is 0.254 e. The van der Waals surface area contributed by atoms with Crippen LogP contribution in [-0.2, 0) is 0 Å². The van der Waals surface area contributed by atoms with E-state index in [1.807, 2.05) is 7.05 Å². The molecule has 140 valence electrons. The number of amides is 1. The summed E-state index contributed by atoms with van der Waals surface area (Å²) in [6.07, 6.45) is 1.99. The summed E-state index contributed by atoms with van der Waals surface area (Å²) in [5, 5.41) is 3.77. The zero-order valence-corrected chi connectivity index (χ0v) is 15.9. The van der Waals surface area contributed by atoms with Crippen LogP contribution in [0.4, 0.5) is 4.39 Å². The number of benzene rings is 2. The number of hydrogen-bond donors (Lipinski definition) is 1. The topological polar surface area (TPSA) is 41.6 Å². The molecule has 0 aliphatic carbocycles. The predicted molar refractivity (Wildman–Crippen MR) is 103 cm³/mol. The number of piperidine rings is 1. The van der Waals surface area contributed by atoms with Crippen molar-refractivity contribution in [3.63, 3.8) is 0 Å². The molecule has 1 atom stereocenters. The van der Waals surface area contributed by atoms with E-state index in [1.165, 1.54) is 12.1 Å². The molecule has 1 saturated heterocycles. The molecule has 1 heterocycles. The quantitative estimate of drug-likeness (QED) is 0.822. The van der Waals surface area contributed by atoms with Gasteiger partial charge in [-0.05, 0) is 62.4 Å². The number of hydrogen-bond acceptors (Lipinski definition) is 3. The summed E-state index contributed by atoms with van der Waals surface area (Å²) in [6, 6.07) is 11.3. The summed E-state index contributed by atoms with van der Waals surface area (Å²) >= 11 is 5.82. The number of halogens is 3. The Labute approximate surface area is 163 Å². The standard InChI is InChI=1S/C19H20ClFN2O2.ClH/c1-22-15-3-2-10-23(12-15)19(24)13-4-9-18(17(21)11-13)25-16-7-5-14(20)6-8-16;/h4-9,11,15,22H,2-3,10,12H2,1H3;1H. The monoisotopic (exact) mass is 398 g/mol. The van der Waals surface area contributed by atoms with Gasteiger partial charge in [-0.1, -0.05) is 11.6 Å². The minimum absolute atomic E-state index is 0. The summed E-state index contributed by atoms with van der Waals surface area (Å²) in [7, 11) is 1.89. The average molecular weight is 399 g/mol. The van der Waals surface area contributed by atoms with Gasteiger partial charge in [-0.2, -0.15) is 0 Å². The van der Waals surface area contributed by atoms with Crippen LogP contribution in [0.2, 0.25) is 5.02 Å². The fourth-order valence-electron chi connectivity index (χ4n) is 2.93. The number of rotatable bonds is 4. The molecule has 1 amide bonds. The largest absolute Gasteiger partial charge is 0.454 e. The molecule has 4 nitrogen and oxygen atoms in total. The third kappa shape index (κ3) is 4.87. The van der Waals surface area contributed by atoms with Gasteiger partial charge in [0.05, 0.1) is 0 Å². The summed E-state index contributed by atoms with van der Waals surface area (Å²) in [5.41, 5.74) is 0.331. The Morgan fingerprint density at radius 1 is 1.27 bits per heavy atom. The predicted octanol–water partition coefficient (Wildman–Crippen LogP) is 4.52. The molecule has 7 heteroatoms. The molecule has 0 bridgehead atoms. The molecule has 1 fully saturated rings. The lowest BCUT2D eigenvalue weighted by Crippen LogP contribution is -2.46. The number of carbonyl (C=O) groups is 1. The van der Waals surface area contributed by atoms with Crippen molar-refractivity contribution in [2.45, 2.75) is 18.9 Å². The highest BCUT2D eigenvalue weighted by atomic mass is 35.5. The SMILES string of the molecule is CNC1CCCN(C(=O)c2ccc(Oc3ccc(Cl)cc3)c(F)c2)C1.Cl. The van der Waals surface area contributed by atoms with Crippen molar-refractivity contribution in [2.75, 3.05) is 20.1 Å². The Morgan fingerprint density at radius 2 is 2.00 bits per heavy atom. The van der Waals surface area contributed by atoms with Crippen molar-refractivity contribution >= 4 is 29.9 Å². The lowest BCUT2D eigenvalue weighted by atomic mass is 10.0. The Bertz CT molecular complexity index is 756. The van der Waals surface area contributed by atoms with Gasteiger partial charge in [-0.3, -0.25) is 4.79 Å². The van der Waals surface area contributed by atoms with Crippen molar-refractivity contribution in [1.82, 2.24) is 10.2 Å². The van der Waals surface area contributed by atoms with E-state index >= 15 is 0 Å².